The highest BCUT2D eigenvalue weighted by Gasteiger charge is 2.06. The van der Waals surface area contributed by atoms with Gasteiger partial charge in [-0.15, -0.1) is 10.2 Å². The summed E-state index contributed by atoms with van der Waals surface area (Å²) in [6, 6.07) is 7.11. The van der Waals surface area contributed by atoms with E-state index in [4.69, 9.17) is 5.73 Å². The zero-order chi connectivity index (χ0) is 15.1. The fraction of sp³-hybridized carbons (Fsp3) is 0.267. The zero-order valence-corrected chi connectivity index (χ0v) is 11.8. The third-order valence-corrected chi connectivity index (χ3v) is 2.92. The Morgan fingerprint density at radius 1 is 1.38 bits per heavy atom. The first-order chi connectivity index (χ1) is 10.2. The van der Waals surface area contributed by atoms with E-state index in [0.717, 1.165) is 11.4 Å². The number of benzene rings is 1. The van der Waals surface area contributed by atoms with Crippen molar-refractivity contribution in [2.24, 2.45) is 12.8 Å². The van der Waals surface area contributed by atoms with Gasteiger partial charge in [0, 0.05) is 31.1 Å². The third kappa shape index (κ3) is 4.16. The van der Waals surface area contributed by atoms with E-state index in [9.17, 15) is 4.79 Å². The van der Waals surface area contributed by atoms with Crippen LogP contribution in [0.25, 0.3) is 0 Å². The summed E-state index contributed by atoms with van der Waals surface area (Å²) in [5, 5.41) is 10.6. The van der Waals surface area contributed by atoms with Gasteiger partial charge in [-0.2, -0.15) is 0 Å². The van der Waals surface area contributed by atoms with Crippen LogP contribution in [0.1, 0.15) is 21.7 Å². The Kier molecular flexibility index (Phi) is 5.07. The minimum atomic E-state index is -0.115. The largest absolute Gasteiger partial charge is 0.352 e. The van der Waals surface area contributed by atoms with E-state index in [2.05, 4.69) is 27.4 Å². The summed E-state index contributed by atoms with van der Waals surface area (Å²) in [5.41, 5.74) is 6.76. The molecule has 0 fully saturated rings. The predicted molar refractivity (Wildman–Crippen MR) is 79.4 cm³/mol. The number of nitrogens with zero attached hydrogens (tertiary/aromatic N) is 3. The molecule has 0 bridgehead atoms. The van der Waals surface area contributed by atoms with Crippen LogP contribution in [-0.4, -0.2) is 33.8 Å². The molecule has 2 rings (SSSR count). The molecule has 1 amide bonds. The molecule has 108 valence electrons. The summed E-state index contributed by atoms with van der Waals surface area (Å²) in [5.74, 6) is 6.40. The summed E-state index contributed by atoms with van der Waals surface area (Å²) in [4.78, 5) is 12.0. The molecule has 3 N–H and O–H groups in total. The lowest BCUT2D eigenvalue weighted by Gasteiger charge is -2.05. The van der Waals surface area contributed by atoms with Gasteiger partial charge in [0.1, 0.15) is 12.2 Å². The van der Waals surface area contributed by atoms with E-state index in [-0.39, 0.29) is 5.91 Å². The number of carbonyl (C=O) groups excluding carboxylic acids is 1. The van der Waals surface area contributed by atoms with E-state index in [1.54, 1.807) is 30.6 Å². The van der Waals surface area contributed by atoms with E-state index in [1.165, 1.54) is 0 Å². The molecule has 0 aliphatic carbocycles. The van der Waals surface area contributed by atoms with Crippen molar-refractivity contribution in [3.63, 3.8) is 0 Å². The summed E-state index contributed by atoms with van der Waals surface area (Å²) in [6.45, 7) is 0.838. The number of aromatic nitrogens is 3. The van der Waals surface area contributed by atoms with Gasteiger partial charge >= 0.3 is 0 Å². The van der Waals surface area contributed by atoms with Crippen LogP contribution in [0.3, 0.4) is 0 Å². The maximum atomic E-state index is 12.0. The molecule has 2 aromatic rings. The topological polar surface area (TPSA) is 85.8 Å². The molecule has 0 unspecified atom stereocenters. The Morgan fingerprint density at radius 3 is 2.76 bits per heavy atom. The molecule has 0 aliphatic heterocycles. The summed E-state index contributed by atoms with van der Waals surface area (Å²) < 4.78 is 1.83. The Morgan fingerprint density at radius 2 is 2.14 bits per heavy atom. The van der Waals surface area contributed by atoms with Crippen molar-refractivity contribution in [2.75, 3.05) is 13.1 Å². The van der Waals surface area contributed by atoms with Gasteiger partial charge in [-0.3, -0.25) is 4.79 Å². The second kappa shape index (κ2) is 7.22. The van der Waals surface area contributed by atoms with Crippen LogP contribution < -0.4 is 11.1 Å². The molecule has 1 aromatic heterocycles. The first-order valence-electron chi connectivity index (χ1n) is 6.61. The van der Waals surface area contributed by atoms with Crippen molar-refractivity contribution >= 4 is 5.91 Å². The highest BCUT2D eigenvalue weighted by atomic mass is 16.1. The molecule has 1 aromatic carbocycles. The molecule has 0 aliphatic rings. The molecule has 21 heavy (non-hydrogen) atoms. The summed E-state index contributed by atoms with van der Waals surface area (Å²) in [7, 11) is 1.87. The standard InChI is InChI=1S/C15H17N5O/c1-20-11-18-19-14(20)8-10-17-15(21)13-6-4-12(5-7-13)3-2-9-16/h4-7,11H,8-10,16H2,1H3,(H,17,21). The van der Waals surface area contributed by atoms with Crippen LogP contribution in [-0.2, 0) is 13.5 Å². The van der Waals surface area contributed by atoms with Gasteiger partial charge in [0.05, 0.1) is 6.54 Å². The van der Waals surface area contributed by atoms with Crippen molar-refractivity contribution in [2.45, 2.75) is 6.42 Å². The quantitative estimate of drug-likeness (QED) is 0.779. The molecule has 0 spiro atoms. The lowest BCUT2D eigenvalue weighted by molar-refractivity contribution is 0.0954. The Labute approximate surface area is 123 Å². The van der Waals surface area contributed by atoms with Crippen LogP contribution >= 0.6 is 0 Å². The SMILES string of the molecule is Cn1cnnc1CCNC(=O)c1ccc(C#CCN)cc1. The van der Waals surface area contributed by atoms with Gasteiger partial charge in [0.2, 0.25) is 0 Å². The predicted octanol–water partition coefficient (Wildman–Crippen LogP) is 0.0978. The fourth-order valence-corrected chi connectivity index (χ4v) is 1.78. The van der Waals surface area contributed by atoms with Gasteiger partial charge in [-0.05, 0) is 24.3 Å². The van der Waals surface area contributed by atoms with Crippen molar-refractivity contribution in [1.29, 1.82) is 0 Å². The Balaban J connectivity index is 1.87. The number of hydrogen-bond acceptors (Lipinski definition) is 4. The molecule has 6 heteroatoms. The number of hydrogen-bond donors (Lipinski definition) is 2. The summed E-state index contributed by atoms with van der Waals surface area (Å²) in [6.07, 6.45) is 2.28. The van der Waals surface area contributed by atoms with E-state index >= 15 is 0 Å². The van der Waals surface area contributed by atoms with E-state index < -0.39 is 0 Å². The lowest BCUT2D eigenvalue weighted by Crippen LogP contribution is -2.26. The maximum absolute atomic E-state index is 12.0. The Bertz CT molecular complexity index is 663. The molecule has 0 radical (unpaired) electrons. The second-order valence-corrected chi connectivity index (χ2v) is 4.45. The number of rotatable bonds is 4. The smallest absolute Gasteiger partial charge is 0.251 e. The number of nitrogens with one attached hydrogen (secondary N) is 1. The van der Waals surface area contributed by atoms with Crippen molar-refractivity contribution in [1.82, 2.24) is 20.1 Å². The Hall–Kier alpha value is -2.65. The van der Waals surface area contributed by atoms with Gasteiger partial charge < -0.3 is 15.6 Å². The number of carbonyl (C=O) groups is 1. The van der Waals surface area contributed by atoms with Crippen molar-refractivity contribution < 1.29 is 4.79 Å². The monoisotopic (exact) mass is 283 g/mol. The normalized spacial score (nSPS) is 9.81. The molecule has 0 atom stereocenters. The van der Waals surface area contributed by atoms with Gasteiger partial charge in [-0.25, -0.2) is 0 Å². The first-order valence-corrected chi connectivity index (χ1v) is 6.61. The number of aryl methyl sites for hydroxylation is 1. The third-order valence-electron chi connectivity index (χ3n) is 2.92. The highest BCUT2D eigenvalue weighted by Crippen LogP contribution is 2.03. The molecular formula is C15H17N5O. The van der Waals surface area contributed by atoms with Crippen LogP contribution in [0.15, 0.2) is 30.6 Å². The second-order valence-electron chi connectivity index (χ2n) is 4.45. The van der Waals surface area contributed by atoms with Crippen molar-refractivity contribution in [3.8, 4) is 11.8 Å². The number of amides is 1. The van der Waals surface area contributed by atoms with Crippen LogP contribution in [0.4, 0.5) is 0 Å². The number of nitrogens with two attached hydrogens (primary N) is 1. The lowest BCUT2D eigenvalue weighted by atomic mass is 10.1. The minimum absolute atomic E-state index is 0.115. The molecule has 0 saturated carbocycles. The molecule has 1 heterocycles. The van der Waals surface area contributed by atoms with Gasteiger partial charge in [0.25, 0.3) is 5.91 Å². The first kappa shape index (κ1) is 14.8. The molecule has 0 saturated heterocycles. The fourth-order valence-electron chi connectivity index (χ4n) is 1.78. The zero-order valence-electron chi connectivity index (χ0n) is 11.8. The van der Waals surface area contributed by atoms with Crippen LogP contribution in [0, 0.1) is 11.8 Å². The van der Waals surface area contributed by atoms with Crippen LogP contribution in [0.5, 0.6) is 0 Å². The molecule has 6 nitrogen and oxygen atoms in total. The average molecular weight is 283 g/mol. The molecular weight excluding hydrogens is 266 g/mol. The van der Waals surface area contributed by atoms with Crippen molar-refractivity contribution in [3.05, 3.63) is 47.5 Å². The maximum Gasteiger partial charge on any atom is 0.251 e. The summed E-state index contributed by atoms with van der Waals surface area (Å²) >= 11 is 0. The van der Waals surface area contributed by atoms with E-state index in [1.807, 2.05) is 11.6 Å². The van der Waals surface area contributed by atoms with Gasteiger partial charge in [0.15, 0.2) is 0 Å². The van der Waals surface area contributed by atoms with E-state index in [0.29, 0.717) is 25.1 Å². The average Bonchev–Trinajstić information content (AvgIpc) is 2.91. The highest BCUT2D eigenvalue weighted by molar-refractivity contribution is 5.94. The minimum Gasteiger partial charge on any atom is -0.352 e. The van der Waals surface area contributed by atoms with Crippen LogP contribution in [0.2, 0.25) is 0 Å². The van der Waals surface area contributed by atoms with Gasteiger partial charge in [-0.1, -0.05) is 11.8 Å².